The van der Waals surface area contributed by atoms with E-state index in [2.05, 4.69) is 20.6 Å². The van der Waals surface area contributed by atoms with Crippen LogP contribution in [0.4, 0.5) is 5.82 Å². The average molecular weight is 527 g/mol. The number of hydrogen-bond donors (Lipinski definition) is 3. The molecule has 9 nitrogen and oxygen atoms in total. The van der Waals surface area contributed by atoms with Gasteiger partial charge < -0.3 is 20.5 Å². The number of carboxylic acid groups (broad SMARTS) is 1. The van der Waals surface area contributed by atoms with Gasteiger partial charge in [-0.15, -0.1) is 0 Å². The van der Waals surface area contributed by atoms with Crippen molar-refractivity contribution in [3.05, 3.63) is 96.7 Å². The average Bonchev–Trinajstić information content (AvgIpc) is 3.42. The van der Waals surface area contributed by atoms with Gasteiger partial charge in [0.05, 0.1) is 24.9 Å². The lowest BCUT2D eigenvalue weighted by Gasteiger charge is -2.25. The van der Waals surface area contributed by atoms with Crippen LogP contribution in [0, 0.1) is 0 Å². The Morgan fingerprint density at radius 3 is 2.33 bits per heavy atom. The second-order valence-electron chi connectivity index (χ2n) is 9.30. The molecule has 1 aliphatic rings. The Hall–Kier alpha value is -4.79. The topological polar surface area (TPSA) is 130 Å². The smallest absolute Gasteiger partial charge is 0.338 e. The highest BCUT2D eigenvalue weighted by molar-refractivity contribution is 5.96. The zero-order valence-corrected chi connectivity index (χ0v) is 21.5. The lowest BCUT2D eigenvalue weighted by Crippen LogP contribution is -2.43. The van der Waals surface area contributed by atoms with Crippen LogP contribution in [0.1, 0.15) is 31.4 Å². The van der Waals surface area contributed by atoms with E-state index in [-0.39, 0.29) is 25.5 Å². The van der Waals surface area contributed by atoms with Crippen molar-refractivity contribution in [2.45, 2.75) is 37.4 Å². The Morgan fingerprint density at radius 2 is 1.69 bits per heavy atom. The second kappa shape index (κ2) is 12.6. The van der Waals surface area contributed by atoms with Crippen LogP contribution in [0.2, 0.25) is 0 Å². The molecular weight excluding hydrogens is 496 g/mol. The highest BCUT2D eigenvalue weighted by atomic mass is 16.5. The fourth-order valence-electron chi connectivity index (χ4n) is 4.24. The number of nitrogens with one attached hydrogen (secondary N) is 2. The number of hydrogen-bond acceptors (Lipinski definition) is 7. The van der Waals surface area contributed by atoms with E-state index in [4.69, 9.17) is 4.74 Å². The maximum atomic E-state index is 13.1. The summed E-state index contributed by atoms with van der Waals surface area (Å²) in [4.78, 5) is 46.2. The first kappa shape index (κ1) is 27.3. The number of carbonyl (C=O) groups is 3. The lowest BCUT2D eigenvalue weighted by molar-refractivity contribution is -0.150. The zero-order chi connectivity index (χ0) is 27.7. The molecule has 3 aromatic rings. The van der Waals surface area contributed by atoms with Gasteiger partial charge in [0.2, 0.25) is 5.91 Å². The third-order valence-electron chi connectivity index (χ3n) is 6.20. The number of benzene rings is 2. The van der Waals surface area contributed by atoms with E-state index < -0.39 is 29.4 Å². The molecule has 0 fully saturated rings. The summed E-state index contributed by atoms with van der Waals surface area (Å²) in [7, 11) is 0. The van der Waals surface area contributed by atoms with E-state index in [9.17, 15) is 19.5 Å². The number of nitrogens with zero attached hydrogens (tertiary/aromatic N) is 2. The van der Waals surface area contributed by atoms with Gasteiger partial charge in [-0.25, -0.2) is 9.78 Å². The molecule has 2 aromatic carbocycles. The minimum atomic E-state index is -1.51. The molecule has 0 bridgehead atoms. The van der Waals surface area contributed by atoms with Crippen molar-refractivity contribution in [1.29, 1.82) is 0 Å². The summed E-state index contributed by atoms with van der Waals surface area (Å²) in [5.74, 6) is -1.60. The van der Waals surface area contributed by atoms with E-state index in [0.717, 1.165) is 11.1 Å². The number of amides is 1. The van der Waals surface area contributed by atoms with E-state index in [0.29, 0.717) is 11.4 Å². The van der Waals surface area contributed by atoms with Crippen molar-refractivity contribution in [3.63, 3.8) is 0 Å². The summed E-state index contributed by atoms with van der Waals surface area (Å²) in [6.45, 7) is 1.88. The van der Waals surface area contributed by atoms with Gasteiger partial charge in [-0.05, 0) is 47.9 Å². The Bertz CT molecular complexity index is 1330. The number of aromatic nitrogens is 1. The predicted octanol–water partition coefficient (Wildman–Crippen LogP) is 4.19. The molecular formula is C30H30N4O5. The minimum absolute atomic E-state index is 0.0392. The molecule has 200 valence electrons. The number of carboxylic acids is 1. The molecule has 39 heavy (non-hydrogen) atoms. The van der Waals surface area contributed by atoms with Gasteiger partial charge in [-0.3, -0.25) is 14.6 Å². The van der Waals surface area contributed by atoms with Crippen LogP contribution in [0.15, 0.2) is 96.1 Å². The first-order valence-corrected chi connectivity index (χ1v) is 12.6. The molecule has 1 aromatic heterocycles. The van der Waals surface area contributed by atoms with E-state index in [1.165, 1.54) is 12.3 Å². The van der Waals surface area contributed by atoms with Crippen molar-refractivity contribution >= 4 is 29.9 Å². The summed E-state index contributed by atoms with van der Waals surface area (Å²) >= 11 is 0. The summed E-state index contributed by atoms with van der Waals surface area (Å²) in [5, 5.41) is 15.4. The van der Waals surface area contributed by atoms with Gasteiger partial charge in [0.15, 0.2) is 5.54 Å². The molecule has 1 aliphatic heterocycles. The quantitative estimate of drug-likeness (QED) is 0.302. The maximum absolute atomic E-state index is 13.1. The third kappa shape index (κ3) is 7.38. The molecule has 0 saturated carbocycles. The largest absolute Gasteiger partial charge is 0.481 e. The van der Waals surface area contributed by atoms with Crippen molar-refractivity contribution in [1.82, 2.24) is 10.3 Å². The van der Waals surface area contributed by atoms with Crippen LogP contribution in [-0.4, -0.2) is 52.3 Å². The number of allylic oxidation sites excluding steroid dienone is 1. The van der Waals surface area contributed by atoms with Crippen molar-refractivity contribution in [2.75, 3.05) is 11.9 Å². The molecule has 9 heteroatoms. The second-order valence-corrected chi connectivity index (χ2v) is 9.30. The van der Waals surface area contributed by atoms with E-state index >= 15 is 0 Å². The number of ether oxygens (including phenoxy) is 1. The molecule has 2 heterocycles. The number of aliphatic imine (C=N–C) groups is 1. The summed E-state index contributed by atoms with van der Waals surface area (Å²) in [5.41, 5.74) is 1.12. The van der Waals surface area contributed by atoms with Crippen LogP contribution in [-0.2, 0) is 19.1 Å². The van der Waals surface area contributed by atoms with Gasteiger partial charge in [-0.2, -0.15) is 0 Å². The number of aliphatic carboxylic acids is 1. The fraction of sp³-hybridized carbons (Fsp3) is 0.233. The fourth-order valence-corrected chi connectivity index (χ4v) is 4.24. The lowest BCUT2D eigenvalue weighted by atomic mass is 9.95. The van der Waals surface area contributed by atoms with Gasteiger partial charge in [0.25, 0.3) is 0 Å². The Labute approximate surface area is 226 Å². The van der Waals surface area contributed by atoms with Gasteiger partial charge in [0, 0.05) is 12.4 Å². The normalized spacial score (nSPS) is 17.3. The number of anilines is 1. The summed E-state index contributed by atoms with van der Waals surface area (Å²) in [6, 6.07) is 21.6. The first-order valence-electron chi connectivity index (χ1n) is 12.6. The Morgan fingerprint density at radius 1 is 0.974 bits per heavy atom. The van der Waals surface area contributed by atoms with Crippen molar-refractivity contribution < 1.29 is 24.2 Å². The zero-order valence-electron chi connectivity index (χ0n) is 21.5. The monoisotopic (exact) mass is 526 g/mol. The van der Waals surface area contributed by atoms with Crippen LogP contribution in [0.3, 0.4) is 0 Å². The number of pyridine rings is 1. The van der Waals surface area contributed by atoms with Crippen LogP contribution >= 0.6 is 0 Å². The minimum Gasteiger partial charge on any atom is -0.481 e. The molecule has 0 radical (unpaired) electrons. The molecule has 4 rings (SSSR count). The SMILES string of the molecule is CC(COC(=O)C1(CC(=O)NC(CC(=O)O)c2ccc(-c3ccccc3)cc2)C=CC=N1)Nc1ccccn1. The van der Waals surface area contributed by atoms with Crippen molar-refractivity contribution in [2.24, 2.45) is 4.99 Å². The van der Waals surface area contributed by atoms with Crippen LogP contribution in [0.25, 0.3) is 11.1 Å². The van der Waals surface area contributed by atoms with Crippen LogP contribution in [0.5, 0.6) is 0 Å². The Balaban J connectivity index is 1.40. The van der Waals surface area contributed by atoms with E-state index in [1.54, 1.807) is 36.5 Å². The Kier molecular flexibility index (Phi) is 8.83. The highest BCUT2D eigenvalue weighted by Crippen LogP contribution is 2.27. The van der Waals surface area contributed by atoms with Gasteiger partial charge in [-0.1, -0.05) is 60.7 Å². The van der Waals surface area contributed by atoms with Gasteiger partial charge in [0.1, 0.15) is 12.4 Å². The standard InChI is InChI=1S/C30H30N4O5/c1-21(33-26-10-5-6-16-31-26)20-39-29(38)30(15-7-17-32-30)19-27(35)34-25(18-28(36)37)24-13-11-23(12-14-24)22-8-3-2-4-9-22/h2-17,21,25H,18-20H2,1H3,(H,31,33)(H,34,35)(H,36,37). The van der Waals surface area contributed by atoms with Crippen LogP contribution < -0.4 is 10.6 Å². The molecule has 0 aliphatic carbocycles. The first-order chi connectivity index (χ1) is 18.8. The molecule has 0 saturated heterocycles. The summed E-state index contributed by atoms with van der Waals surface area (Å²) in [6.07, 6.45) is 5.57. The molecule has 3 N–H and O–H groups in total. The molecule has 0 spiro atoms. The molecule has 3 atom stereocenters. The predicted molar refractivity (Wildman–Crippen MR) is 148 cm³/mol. The van der Waals surface area contributed by atoms with Gasteiger partial charge >= 0.3 is 11.9 Å². The van der Waals surface area contributed by atoms with Crippen molar-refractivity contribution in [3.8, 4) is 11.1 Å². The maximum Gasteiger partial charge on any atom is 0.338 e. The highest BCUT2D eigenvalue weighted by Gasteiger charge is 2.41. The van der Waals surface area contributed by atoms with E-state index in [1.807, 2.05) is 55.5 Å². The summed E-state index contributed by atoms with van der Waals surface area (Å²) < 4.78 is 5.51. The third-order valence-corrected chi connectivity index (χ3v) is 6.20. The number of esters is 1. The number of carbonyl (C=O) groups excluding carboxylic acids is 2. The molecule has 1 amide bonds. The molecule has 3 unspecified atom stereocenters. The number of rotatable bonds is 12.